The van der Waals surface area contributed by atoms with E-state index in [-0.39, 0.29) is 20.4 Å². The first kappa shape index (κ1) is 9.62. The number of nitrogens with zero attached hydrogens (tertiary/aromatic N) is 1. The maximum atomic E-state index is 5.61. The second kappa shape index (κ2) is 3.50. The van der Waals surface area contributed by atoms with Gasteiger partial charge in [-0.05, 0) is 0 Å². The van der Waals surface area contributed by atoms with Crippen molar-refractivity contribution in [1.82, 2.24) is 9.95 Å². The van der Waals surface area contributed by atoms with Crippen molar-refractivity contribution in [2.45, 2.75) is 0 Å². The summed E-state index contributed by atoms with van der Waals surface area (Å²) in [5.74, 6) is 0. The van der Waals surface area contributed by atoms with Crippen LogP contribution in [0, 0.1) is 0 Å². The Morgan fingerprint density at radius 2 is 1.55 bits per heavy atom. The zero-order chi connectivity index (χ0) is 8.59. The van der Waals surface area contributed by atoms with Crippen molar-refractivity contribution in [3.05, 3.63) is 20.4 Å². The van der Waals surface area contributed by atoms with E-state index in [0.717, 1.165) is 4.53 Å². The first-order chi connectivity index (χ1) is 5.04. The van der Waals surface area contributed by atoms with E-state index in [1.807, 2.05) is 0 Å². The molecule has 0 radical (unpaired) electrons. The standard InChI is InChI=1S/C4HCl5N2/c5-1-2(6)4(8)11(9)10-3(1)7/h10H. The third-order valence-corrected chi connectivity index (χ3v) is 2.94. The summed E-state index contributed by atoms with van der Waals surface area (Å²) in [7, 11) is 0. The zero-order valence-electron chi connectivity index (χ0n) is 4.84. The van der Waals surface area contributed by atoms with E-state index in [2.05, 4.69) is 5.43 Å². The van der Waals surface area contributed by atoms with E-state index in [4.69, 9.17) is 58.2 Å². The molecule has 0 saturated carbocycles. The second-order valence-corrected chi connectivity index (χ2v) is 3.46. The van der Waals surface area contributed by atoms with Crippen molar-refractivity contribution in [2.75, 3.05) is 0 Å². The Morgan fingerprint density at radius 1 is 1.00 bits per heavy atom. The molecule has 0 atom stereocenters. The SMILES string of the molecule is ClC1=C(Cl)C(Cl)=C(Cl)N(Cl)N1. The Labute approximate surface area is 88.4 Å². The van der Waals surface area contributed by atoms with Gasteiger partial charge in [0, 0.05) is 11.8 Å². The highest BCUT2D eigenvalue weighted by molar-refractivity contribution is 6.51. The van der Waals surface area contributed by atoms with E-state index < -0.39 is 0 Å². The quantitative estimate of drug-likeness (QED) is 0.527. The highest BCUT2D eigenvalue weighted by Crippen LogP contribution is 2.34. The molecule has 0 amide bonds. The molecular formula is C4HCl5N2. The summed E-state index contributed by atoms with van der Waals surface area (Å²) in [6.45, 7) is 0. The van der Waals surface area contributed by atoms with Crippen LogP contribution in [0.15, 0.2) is 20.4 Å². The summed E-state index contributed by atoms with van der Waals surface area (Å²) >= 11 is 27.8. The summed E-state index contributed by atoms with van der Waals surface area (Å²) in [6, 6.07) is 0. The van der Waals surface area contributed by atoms with Crippen molar-refractivity contribution in [1.29, 1.82) is 0 Å². The Morgan fingerprint density at radius 3 is 2.09 bits per heavy atom. The molecule has 0 saturated heterocycles. The van der Waals surface area contributed by atoms with Gasteiger partial charge in [0.05, 0.1) is 5.03 Å². The van der Waals surface area contributed by atoms with Crippen molar-refractivity contribution in [3.63, 3.8) is 0 Å². The van der Waals surface area contributed by atoms with Gasteiger partial charge in [0.2, 0.25) is 0 Å². The number of nitrogens with one attached hydrogen (secondary N) is 1. The van der Waals surface area contributed by atoms with Crippen LogP contribution < -0.4 is 5.43 Å². The Bertz CT molecular complexity index is 245. The highest BCUT2D eigenvalue weighted by Gasteiger charge is 2.21. The van der Waals surface area contributed by atoms with Gasteiger partial charge in [-0.3, -0.25) is 5.43 Å². The molecule has 0 unspecified atom stereocenters. The molecular weight excluding hydrogens is 253 g/mol. The summed E-state index contributed by atoms with van der Waals surface area (Å²) in [5.41, 5.74) is 2.45. The van der Waals surface area contributed by atoms with Crippen LogP contribution in [-0.2, 0) is 0 Å². The average molecular weight is 254 g/mol. The maximum absolute atomic E-state index is 5.61. The monoisotopic (exact) mass is 252 g/mol. The van der Waals surface area contributed by atoms with Crippen molar-refractivity contribution in [2.24, 2.45) is 0 Å². The molecule has 0 bridgehead atoms. The van der Waals surface area contributed by atoms with Gasteiger partial charge in [-0.25, -0.2) is 0 Å². The van der Waals surface area contributed by atoms with Crippen molar-refractivity contribution >= 4 is 58.2 Å². The molecule has 1 rings (SSSR count). The van der Waals surface area contributed by atoms with Crippen LogP contribution in [0.2, 0.25) is 0 Å². The molecule has 0 aromatic heterocycles. The minimum Gasteiger partial charge on any atom is -0.270 e. The molecule has 0 spiro atoms. The average Bonchev–Trinajstić information content (AvgIpc) is 1.97. The summed E-state index contributed by atoms with van der Waals surface area (Å²) < 4.78 is 0.943. The largest absolute Gasteiger partial charge is 0.270 e. The third kappa shape index (κ3) is 1.82. The predicted molar refractivity (Wildman–Crippen MR) is 48.3 cm³/mol. The predicted octanol–water partition coefficient (Wildman–Crippen LogP) is 3.25. The van der Waals surface area contributed by atoms with Gasteiger partial charge in [-0.15, -0.1) is 0 Å². The van der Waals surface area contributed by atoms with Gasteiger partial charge >= 0.3 is 0 Å². The molecule has 7 heteroatoms. The molecule has 0 aromatic carbocycles. The molecule has 11 heavy (non-hydrogen) atoms. The molecule has 1 N–H and O–H groups in total. The Kier molecular flexibility index (Phi) is 3.06. The van der Waals surface area contributed by atoms with Gasteiger partial charge < -0.3 is 0 Å². The molecule has 0 aliphatic carbocycles. The number of hydrogen-bond acceptors (Lipinski definition) is 2. The van der Waals surface area contributed by atoms with Crippen LogP contribution >= 0.6 is 58.2 Å². The minimum absolute atomic E-state index is 0.0859. The van der Waals surface area contributed by atoms with Crippen LogP contribution in [0.4, 0.5) is 0 Å². The molecule has 0 fully saturated rings. The highest BCUT2D eigenvalue weighted by atomic mass is 35.5. The molecule has 2 nitrogen and oxygen atoms in total. The van der Waals surface area contributed by atoms with E-state index in [9.17, 15) is 0 Å². The van der Waals surface area contributed by atoms with Gasteiger partial charge in [0.1, 0.15) is 10.2 Å². The molecule has 0 aromatic rings. The van der Waals surface area contributed by atoms with E-state index in [1.165, 1.54) is 0 Å². The van der Waals surface area contributed by atoms with Crippen LogP contribution in [-0.4, -0.2) is 4.53 Å². The number of hydrazine groups is 1. The first-order valence-electron chi connectivity index (χ1n) is 2.37. The normalized spacial score (nSPS) is 19.2. The van der Waals surface area contributed by atoms with Gasteiger partial charge in [-0.1, -0.05) is 46.4 Å². The smallest absolute Gasteiger partial charge is 0.162 e. The lowest BCUT2D eigenvalue weighted by atomic mass is 10.5. The Balaban J connectivity index is 3.07. The summed E-state index contributed by atoms with van der Waals surface area (Å²) in [4.78, 5) is 0. The van der Waals surface area contributed by atoms with Crippen molar-refractivity contribution in [3.8, 4) is 0 Å². The Hall–Kier alpha value is 0.530. The number of allylic oxidation sites excluding steroid dienone is 2. The van der Waals surface area contributed by atoms with Crippen molar-refractivity contribution < 1.29 is 0 Å². The lowest BCUT2D eigenvalue weighted by Gasteiger charge is -2.22. The molecule has 1 aliphatic rings. The molecule has 1 heterocycles. The fraction of sp³-hybridized carbons (Fsp3) is 0. The topological polar surface area (TPSA) is 15.3 Å². The number of hydrogen-bond donors (Lipinski definition) is 1. The molecule has 62 valence electrons. The van der Waals surface area contributed by atoms with Crippen LogP contribution in [0.1, 0.15) is 0 Å². The van der Waals surface area contributed by atoms with Gasteiger partial charge in [0.25, 0.3) is 0 Å². The van der Waals surface area contributed by atoms with E-state index >= 15 is 0 Å². The second-order valence-electron chi connectivity index (χ2n) is 1.63. The minimum atomic E-state index is 0.0859. The summed E-state index contributed by atoms with van der Waals surface area (Å²) in [6.07, 6.45) is 0. The number of halogens is 5. The number of rotatable bonds is 0. The zero-order valence-corrected chi connectivity index (χ0v) is 8.62. The van der Waals surface area contributed by atoms with E-state index in [0.29, 0.717) is 0 Å². The first-order valence-corrected chi connectivity index (χ1v) is 4.22. The fourth-order valence-electron chi connectivity index (χ4n) is 0.457. The molecule has 1 aliphatic heterocycles. The maximum Gasteiger partial charge on any atom is 0.162 e. The fourth-order valence-corrected chi connectivity index (χ4v) is 1.44. The van der Waals surface area contributed by atoms with Crippen LogP contribution in [0.3, 0.4) is 0 Å². The van der Waals surface area contributed by atoms with Crippen LogP contribution in [0.5, 0.6) is 0 Å². The van der Waals surface area contributed by atoms with Gasteiger partial charge in [0.15, 0.2) is 5.16 Å². The summed E-state index contributed by atoms with van der Waals surface area (Å²) in [5, 5.41) is 0.487. The lowest BCUT2D eigenvalue weighted by molar-refractivity contribution is 0.491. The van der Waals surface area contributed by atoms with Crippen LogP contribution in [0.25, 0.3) is 0 Å². The van der Waals surface area contributed by atoms with E-state index in [1.54, 1.807) is 0 Å². The third-order valence-electron chi connectivity index (χ3n) is 0.935. The van der Waals surface area contributed by atoms with Gasteiger partial charge in [-0.2, -0.15) is 4.53 Å². The lowest BCUT2D eigenvalue weighted by Crippen LogP contribution is -2.29.